The molecular weight excluding hydrogens is 376 g/mol. The number of hydrogen-bond donors (Lipinski definition) is 1. The van der Waals surface area contributed by atoms with Crippen LogP contribution in [0.25, 0.3) is 0 Å². The fourth-order valence-electron chi connectivity index (χ4n) is 3.17. The number of hydrogen-bond acceptors (Lipinski definition) is 5. The maximum Gasteiger partial charge on any atom is 0.249 e. The number of piperazine rings is 1. The Balaban J connectivity index is 2.11. The van der Waals surface area contributed by atoms with Gasteiger partial charge >= 0.3 is 0 Å². The summed E-state index contributed by atoms with van der Waals surface area (Å²) >= 11 is 0. The molecule has 0 spiro atoms. The van der Waals surface area contributed by atoms with E-state index in [9.17, 15) is 17.2 Å². The van der Waals surface area contributed by atoms with Crippen LogP contribution in [0, 0.1) is 23.0 Å². The van der Waals surface area contributed by atoms with E-state index in [-0.39, 0.29) is 18.7 Å². The SMILES string of the molecule is COc1ccccc1C1CNCCN1S(=O)(=O)c1c(F)cc(C#N)cc1F. The van der Waals surface area contributed by atoms with Crippen LogP contribution < -0.4 is 10.1 Å². The van der Waals surface area contributed by atoms with Crippen LogP contribution in [-0.4, -0.2) is 39.5 Å². The Morgan fingerprint density at radius 2 is 1.93 bits per heavy atom. The molecule has 1 unspecified atom stereocenters. The number of nitrogens with zero attached hydrogens (tertiary/aromatic N) is 2. The monoisotopic (exact) mass is 393 g/mol. The van der Waals surface area contributed by atoms with Gasteiger partial charge in [0.1, 0.15) is 17.4 Å². The van der Waals surface area contributed by atoms with Crippen LogP contribution in [-0.2, 0) is 10.0 Å². The van der Waals surface area contributed by atoms with E-state index in [0.717, 1.165) is 16.4 Å². The Hall–Kier alpha value is -2.54. The van der Waals surface area contributed by atoms with E-state index >= 15 is 0 Å². The van der Waals surface area contributed by atoms with Crippen molar-refractivity contribution in [3.63, 3.8) is 0 Å². The van der Waals surface area contributed by atoms with Crippen LogP contribution >= 0.6 is 0 Å². The number of halogens is 2. The van der Waals surface area contributed by atoms with Crippen molar-refractivity contribution >= 4 is 10.0 Å². The highest BCUT2D eigenvalue weighted by atomic mass is 32.2. The van der Waals surface area contributed by atoms with E-state index in [1.54, 1.807) is 30.3 Å². The third-order valence-corrected chi connectivity index (χ3v) is 6.35. The fraction of sp³-hybridized carbons (Fsp3) is 0.278. The fourth-order valence-corrected chi connectivity index (χ4v) is 4.87. The second-order valence-corrected chi connectivity index (χ2v) is 7.79. The van der Waals surface area contributed by atoms with Crippen LogP contribution in [0.1, 0.15) is 17.2 Å². The van der Waals surface area contributed by atoms with Gasteiger partial charge in [0, 0.05) is 25.2 Å². The molecule has 1 atom stereocenters. The average molecular weight is 393 g/mol. The summed E-state index contributed by atoms with van der Waals surface area (Å²) in [4.78, 5) is -1.05. The average Bonchev–Trinajstić information content (AvgIpc) is 2.67. The van der Waals surface area contributed by atoms with E-state index < -0.39 is 32.6 Å². The summed E-state index contributed by atoms with van der Waals surface area (Å²) in [6, 6.07) is 9.23. The molecule has 0 aliphatic carbocycles. The highest BCUT2D eigenvalue weighted by Crippen LogP contribution is 2.35. The van der Waals surface area contributed by atoms with Crippen molar-refractivity contribution in [3.05, 3.63) is 59.2 Å². The molecule has 2 aromatic carbocycles. The standard InChI is InChI=1S/C18H17F2N3O3S/c1-26-17-5-3-2-4-13(17)16-11-22-6-7-23(16)27(24,25)18-14(19)8-12(10-21)9-15(18)20/h2-5,8-9,16,22H,6-7,11H2,1H3. The molecular formula is C18H17F2N3O3S. The molecule has 2 aromatic rings. The van der Waals surface area contributed by atoms with Crippen molar-refractivity contribution in [2.75, 3.05) is 26.7 Å². The number of ether oxygens (including phenoxy) is 1. The van der Waals surface area contributed by atoms with Gasteiger partial charge < -0.3 is 10.1 Å². The van der Waals surface area contributed by atoms with Crippen molar-refractivity contribution in [2.24, 2.45) is 0 Å². The molecule has 0 saturated carbocycles. The van der Waals surface area contributed by atoms with Gasteiger partial charge in [0.25, 0.3) is 0 Å². The lowest BCUT2D eigenvalue weighted by Crippen LogP contribution is -2.49. The maximum absolute atomic E-state index is 14.4. The zero-order chi connectivity index (χ0) is 19.6. The van der Waals surface area contributed by atoms with Crippen LogP contribution in [0.5, 0.6) is 5.75 Å². The molecule has 0 amide bonds. The molecule has 0 aromatic heterocycles. The van der Waals surface area contributed by atoms with Gasteiger partial charge in [0.05, 0.1) is 24.8 Å². The summed E-state index contributed by atoms with van der Waals surface area (Å²) in [5.74, 6) is -2.10. The minimum absolute atomic E-state index is 0.0317. The molecule has 1 fully saturated rings. The Bertz CT molecular complexity index is 982. The van der Waals surface area contributed by atoms with Crippen molar-refractivity contribution in [1.29, 1.82) is 5.26 Å². The Kier molecular flexibility index (Phi) is 5.41. The van der Waals surface area contributed by atoms with Gasteiger partial charge in [0.2, 0.25) is 10.0 Å². The molecule has 1 aliphatic heterocycles. The molecule has 0 bridgehead atoms. The van der Waals surface area contributed by atoms with Gasteiger partial charge in [-0.3, -0.25) is 0 Å². The highest BCUT2D eigenvalue weighted by Gasteiger charge is 2.39. The normalized spacial score (nSPS) is 18.1. The maximum atomic E-state index is 14.4. The van der Waals surface area contributed by atoms with Gasteiger partial charge in [-0.1, -0.05) is 18.2 Å². The third kappa shape index (κ3) is 3.51. The molecule has 1 N–H and O–H groups in total. The molecule has 9 heteroatoms. The molecule has 1 aliphatic rings. The van der Waals surface area contributed by atoms with E-state index in [2.05, 4.69) is 5.32 Å². The minimum Gasteiger partial charge on any atom is -0.496 e. The Labute approximate surface area is 156 Å². The van der Waals surface area contributed by atoms with Gasteiger partial charge in [-0.25, -0.2) is 17.2 Å². The third-order valence-electron chi connectivity index (χ3n) is 4.39. The number of rotatable bonds is 4. The lowest BCUT2D eigenvalue weighted by atomic mass is 10.0. The number of para-hydroxylation sites is 1. The summed E-state index contributed by atoms with van der Waals surface area (Å²) in [5.41, 5.74) is 0.302. The molecule has 142 valence electrons. The quantitative estimate of drug-likeness (QED) is 0.861. The van der Waals surface area contributed by atoms with Crippen LogP contribution in [0.15, 0.2) is 41.3 Å². The van der Waals surface area contributed by atoms with Gasteiger partial charge in [0.15, 0.2) is 4.90 Å². The highest BCUT2D eigenvalue weighted by molar-refractivity contribution is 7.89. The van der Waals surface area contributed by atoms with Crippen LogP contribution in [0.2, 0.25) is 0 Å². The van der Waals surface area contributed by atoms with E-state index in [0.29, 0.717) is 17.9 Å². The summed E-state index contributed by atoms with van der Waals surface area (Å²) < 4.78 is 61.4. The molecule has 0 radical (unpaired) electrons. The second kappa shape index (κ2) is 7.60. The number of nitrogens with one attached hydrogen (secondary N) is 1. The van der Waals surface area contributed by atoms with Crippen molar-refractivity contribution in [1.82, 2.24) is 9.62 Å². The van der Waals surface area contributed by atoms with E-state index in [1.165, 1.54) is 7.11 Å². The molecule has 1 heterocycles. The predicted molar refractivity (Wildman–Crippen MR) is 93.6 cm³/mol. The number of benzene rings is 2. The lowest BCUT2D eigenvalue weighted by Gasteiger charge is -2.36. The second-order valence-electron chi connectivity index (χ2n) is 5.96. The minimum atomic E-state index is -4.49. The first kappa shape index (κ1) is 19.2. The Morgan fingerprint density at radius 3 is 2.56 bits per heavy atom. The van der Waals surface area contributed by atoms with E-state index in [1.807, 2.05) is 0 Å². The van der Waals surface area contributed by atoms with Crippen LogP contribution in [0.3, 0.4) is 0 Å². The topological polar surface area (TPSA) is 82.4 Å². The predicted octanol–water partition coefficient (Wildman–Crippen LogP) is 2.18. The zero-order valence-corrected chi connectivity index (χ0v) is 15.3. The van der Waals surface area contributed by atoms with Crippen molar-refractivity contribution in [3.8, 4) is 11.8 Å². The summed E-state index contributed by atoms with van der Waals surface area (Å²) in [7, 11) is -3.03. The summed E-state index contributed by atoms with van der Waals surface area (Å²) in [6.45, 7) is 0.632. The molecule has 27 heavy (non-hydrogen) atoms. The largest absolute Gasteiger partial charge is 0.496 e. The van der Waals surface area contributed by atoms with Gasteiger partial charge in [-0.05, 0) is 18.2 Å². The first-order chi connectivity index (χ1) is 12.9. The smallest absolute Gasteiger partial charge is 0.249 e. The number of sulfonamides is 1. The zero-order valence-electron chi connectivity index (χ0n) is 14.4. The number of nitriles is 1. The van der Waals surface area contributed by atoms with Crippen LogP contribution in [0.4, 0.5) is 8.78 Å². The first-order valence-corrected chi connectivity index (χ1v) is 9.58. The first-order valence-electron chi connectivity index (χ1n) is 8.14. The Morgan fingerprint density at radius 1 is 1.26 bits per heavy atom. The van der Waals surface area contributed by atoms with Gasteiger partial charge in [-0.15, -0.1) is 0 Å². The molecule has 3 rings (SSSR count). The number of methoxy groups -OCH3 is 1. The summed E-state index contributed by atoms with van der Waals surface area (Å²) in [6.07, 6.45) is 0. The van der Waals surface area contributed by atoms with Crippen molar-refractivity contribution in [2.45, 2.75) is 10.9 Å². The van der Waals surface area contributed by atoms with Crippen molar-refractivity contribution < 1.29 is 21.9 Å². The van der Waals surface area contributed by atoms with Gasteiger partial charge in [-0.2, -0.15) is 9.57 Å². The molecule has 6 nitrogen and oxygen atoms in total. The van der Waals surface area contributed by atoms with E-state index in [4.69, 9.17) is 10.00 Å². The molecule has 1 saturated heterocycles. The summed E-state index contributed by atoms with van der Waals surface area (Å²) in [5, 5.41) is 11.9. The lowest BCUT2D eigenvalue weighted by molar-refractivity contribution is 0.263.